The van der Waals surface area contributed by atoms with Crippen LogP contribution in [0.1, 0.15) is 6.92 Å². The van der Waals surface area contributed by atoms with Gasteiger partial charge in [-0.25, -0.2) is 0 Å². The molecule has 0 aromatic carbocycles. The van der Waals surface area contributed by atoms with Gasteiger partial charge in [-0.3, -0.25) is 0 Å². The molecule has 0 amide bonds. The molecular formula is C10H19Cl3O3. The number of rotatable bonds is 11. The van der Waals surface area contributed by atoms with E-state index in [9.17, 15) is 0 Å². The molecule has 6 heteroatoms. The molecule has 0 N–H and O–H groups in total. The predicted molar refractivity (Wildman–Crippen MR) is 68.2 cm³/mol. The van der Waals surface area contributed by atoms with E-state index in [-0.39, 0.29) is 0 Å². The average Bonchev–Trinajstić information content (AvgIpc) is 2.27. The van der Waals surface area contributed by atoms with Gasteiger partial charge in [0, 0.05) is 17.6 Å². The first-order chi connectivity index (χ1) is 7.68. The van der Waals surface area contributed by atoms with Gasteiger partial charge in [0.25, 0.3) is 0 Å². The van der Waals surface area contributed by atoms with E-state index in [2.05, 4.69) is 0 Å². The minimum atomic E-state index is -0.493. The van der Waals surface area contributed by atoms with Crippen molar-refractivity contribution in [3.05, 3.63) is 0 Å². The quantitative estimate of drug-likeness (QED) is 0.433. The van der Waals surface area contributed by atoms with Crippen molar-refractivity contribution < 1.29 is 14.2 Å². The van der Waals surface area contributed by atoms with Gasteiger partial charge in [-0.15, -0.1) is 34.8 Å². The second kappa shape index (κ2) is 10.9. The van der Waals surface area contributed by atoms with Crippen molar-refractivity contribution in [2.75, 3.05) is 50.7 Å². The number of hydrogen-bond acceptors (Lipinski definition) is 3. The third kappa shape index (κ3) is 8.85. The Bertz CT molecular complexity index is 148. The van der Waals surface area contributed by atoms with Gasteiger partial charge in [-0.1, -0.05) is 0 Å². The highest BCUT2D eigenvalue weighted by atomic mass is 35.5. The highest BCUT2D eigenvalue weighted by molar-refractivity contribution is 6.18. The van der Waals surface area contributed by atoms with Crippen molar-refractivity contribution in [3.63, 3.8) is 0 Å². The molecule has 98 valence electrons. The first-order valence-corrected chi connectivity index (χ1v) is 6.76. The fourth-order valence-corrected chi connectivity index (χ4v) is 1.39. The SMILES string of the molecule is CC(COCCCl)(COCCCl)OCCCl. The Morgan fingerprint density at radius 3 is 1.62 bits per heavy atom. The van der Waals surface area contributed by atoms with Gasteiger partial charge in [0.15, 0.2) is 0 Å². The van der Waals surface area contributed by atoms with Crippen molar-refractivity contribution in [1.29, 1.82) is 0 Å². The van der Waals surface area contributed by atoms with Crippen LogP contribution in [0.15, 0.2) is 0 Å². The Balaban J connectivity index is 3.91. The van der Waals surface area contributed by atoms with Crippen molar-refractivity contribution in [3.8, 4) is 0 Å². The van der Waals surface area contributed by atoms with Crippen LogP contribution in [0.2, 0.25) is 0 Å². The fourth-order valence-electron chi connectivity index (χ4n) is 1.10. The molecule has 0 fully saturated rings. The maximum Gasteiger partial charge on any atom is 0.112 e. The van der Waals surface area contributed by atoms with Crippen LogP contribution < -0.4 is 0 Å². The summed E-state index contributed by atoms with van der Waals surface area (Å²) >= 11 is 16.6. The Labute approximate surface area is 112 Å². The van der Waals surface area contributed by atoms with Crippen LogP contribution in [0.5, 0.6) is 0 Å². The smallest absolute Gasteiger partial charge is 0.112 e. The normalized spacial score (nSPS) is 12.0. The van der Waals surface area contributed by atoms with Crippen LogP contribution in [0.4, 0.5) is 0 Å². The summed E-state index contributed by atoms with van der Waals surface area (Å²) in [6, 6.07) is 0. The van der Waals surface area contributed by atoms with Crippen LogP contribution in [0.25, 0.3) is 0 Å². The average molecular weight is 294 g/mol. The van der Waals surface area contributed by atoms with Gasteiger partial charge >= 0.3 is 0 Å². The summed E-state index contributed by atoms with van der Waals surface area (Å²) in [4.78, 5) is 0. The van der Waals surface area contributed by atoms with Crippen molar-refractivity contribution in [2.24, 2.45) is 0 Å². The van der Waals surface area contributed by atoms with Gasteiger partial charge in [0.2, 0.25) is 0 Å². The number of alkyl halides is 3. The summed E-state index contributed by atoms with van der Waals surface area (Å²) in [6.45, 7) is 4.24. The Kier molecular flexibility index (Phi) is 11.4. The molecule has 0 aliphatic rings. The summed E-state index contributed by atoms with van der Waals surface area (Å²) < 4.78 is 16.3. The van der Waals surface area contributed by atoms with Crippen LogP contribution in [0.3, 0.4) is 0 Å². The van der Waals surface area contributed by atoms with E-state index in [4.69, 9.17) is 49.0 Å². The molecule has 0 aliphatic heterocycles. The molecule has 0 rings (SSSR count). The van der Waals surface area contributed by atoms with E-state index >= 15 is 0 Å². The maximum atomic E-state index is 5.60. The van der Waals surface area contributed by atoms with Crippen LogP contribution >= 0.6 is 34.8 Å². The standard InChI is InChI=1S/C10H19Cl3O3/c1-10(16-7-4-13,8-14-5-2-11)9-15-6-3-12/h2-9H2,1H3. The largest absolute Gasteiger partial charge is 0.377 e. The molecule has 0 unspecified atom stereocenters. The third-order valence-corrected chi connectivity index (χ3v) is 2.25. The summed E-state index contributed by atoms with van der Waals surface area (Å²) in [6.07, 6.45) is 0. The van der Waals surface area contributed by atoms with Crippen LogP contribution in [-0.4, -0.2) is 56.3 Å². The maximum absolute atomic E-state index is 5.60. The zero-order valence-corrected chi connectivity index (χ0v) is 11.8. The molecule has 0 aromatic rings. The first-order valence-electron chi connectivity index (χ1n) is 5.16. The molecule has 0 radical (unpaired) electrons. The molecule has 0 spiro atoms. The Hall–Kier alpha value is 0.750. The molecule has 0 saturated heterocycles. The summed E-state index contributed by atoms with van der Waals surface area (Å²) in [7, 11) is 0. The first kappa shape index (κ1) is 16.8. The summed E-state index contributed by atoms with van der Waals surface area (Å²) in [5.74, 6) is 1.38. The van der Waals surface area contributed by atoms with E-state index in [0.29, 0.717) is 50.7 Å². The number of hydrogen-bond donors (Lipinski definition) is 0. The summed E-state index contributed by atoms with van der Waals surface area (Å²) in [5.41, 5.74) is -0.493. The van der Waals surface area contributed by atoms with E-state index in [0.717, 1.165) is 0 Å². The van der Waals surface area contributed by atoms with Crippen LogP contribution in [0, 0.1) is 0 Å². The molecule has 0 aromatic heterocycles. The minimum Gasteiger partial charge on any atom is -0.377 e. The second-order valence-corrected chi connectivity index (χ2v) is 4.60. The van der Waals surface area contributed by atoms with Crippen LogP contribution in [-0.2, 0) is 14.2 Å². The molecule has 0 heterocycles. The van der Waals surface area contributed by atoms with E-state index < -0.39 is 5.60 Å². The monoisotopic (exact) mass is 292 g/mol. The summed E-state index contributed by atoms with van der Waals surface area (Å²) in [5, 5.41) is 0. The lowest BCUT2D eigenvalue weighted by atomic mass is 10.1. The third-order valence-electron chi connectivity index (χ3n) is 1.79. The zero-order valence-electron chi connectivity index (χ0n) is 9.52. The molecule has 0 atom stereocenters. The highest BCUT2D eigenvalue weighted by Crippen LogP contribution is 2.12. The molecule has 0 saturated carbocycles. The topological polar surface area (TPSA) is 27.7 Å². The lowest BCUT2D eigenvalue weighted by Crippen LogP contribution is -2.40. The van der Waals surface area contributed by atoms with Gasteiger partial charge < -0.3 is 14.2 Å². The van der Waals surface area contributed by atoms with Gasteiger partial charge in [0.05, 0.1) is 33.0 Å². The van der Waals surface area contributed by atoms with Crippen molar-refractivity contribution >= 4 is 34.8 Å². The van der Waals surface area contributed by atoms with Gasteiger partial charge in [0.1, 0.15) is 5.60 Å². The Morgan fingerprint density at radius 2 is 1.25 bits per heavy atom. The van der Waals surface area contributed by atoms with E-state index in [1.807, 2.05) is 6.92 Å². The van der Waals surface area contributed by atoms with Gasteiger partial charge in [-0.2, -0.15) is 0 Å². The fraction of sp³-hybridized carbons (Fsp3) is 1.00. The lowest BCUT2D eigenvalue weighted by molar-refractivity contribution is -0.118. The molecule has 0 aliphatic carbocycles. The highest BCUT2D eigenvalue weighted by Gasteiger charge is 2.25. The van der Waals surface area contributed by atoms with Gasteiger partial charge in [-0.05, 0) is 6.92 Å². The molecular weight excluding hydrogens is 274 g/mol. The number of halogens is 3. The van der Waals surface area contributed by atoms with E-state index in [1.54, 1.807) is 0 Å². The molecule has 0 bridgehead atoms. The molecule has 16 heavy (non-hydrogen) atoms. The van der Waals surface area contributed by atoms with Crippen molar-refractivity contribution in [2.45, 2.75) is 12.5 Å². The second-order valence-electron chi connectivity index (χ2n) is 3.47. The zero-order chi connectivity index (χ0) is 12.3. The minimum absolute atomic E-state index is 0.429. The van der Waals surface area contributed by atoms with Crippen molar-refractivity contribution in [1.82, 2.24) is 0 Å². The lowest BCUT2D eigenvalue weighted by Gasteiger charge is -2.29. The Morgan fingerprint density at radius 1 is 0.812 bits per heavy atom. The van der Waals surface area contributed by atoms with E-state index in [1.165, 1.54) is 0 Å². The molecule has 3 nitrogen and oxygen atoms in total. The number of ether oxygens (including phenoxy) is 3. The predicted octanol–water partition coefficient (Wildman–Crippen LogP) is 2.51.